The maximum Gasteiger partial charge on any atom is 0.259 e. The highest BCUT2D eigenvalue weighted by molar-refractivity contribution is 6.06. The summed E-state index contributed by atoms with van der Waals surface area (Å²) in [7, 11) is 0. The lowest BCUT2D eigenvalue weighted by atomic mass is 10.1. The normalized spacial score (nSPS) is 10.8. The van der Waals surface area contributed by atoms with Gasteiger partial charge in [0.05, 0.1) is 28.3 Å². The number of benzene rings is 2. The van der Waals surface area contributed by atoms with Crippen molar-refractivity contribution in [1.82, 2.24) is 9.78 Å². The number of rotatable bonds is 3. The van der Waals surface area contributed by atoms with E-state index in [4.69, 9.17) is 0 Å². The Morgan fingerprint density at radius 1 is 1.00 bits per heavy atom. The van der Waals surface area contributed by atoms with Crippen molar-refractivity contribution in [2.45, 2.75) is 13.8 Å². The van der Waals surface area contributed by atoms with Crippen LogP contribution in [0.15, 0.2) is 42.5 Å². The van der Waals surface area contributed by atoms with Gasteiger partial charge in [0.15, 0.2) is 0 Å². The molecule has 3 aromatic rings. The summed E-state index contributed by atoms with van der Waals surface area (Å²) >= 11 is 0. The molecule has 1 amide bonds. The first-order valence-corrected chi connectivity index (χ1v) is 7.45. The van der Waals surface area contributed by atoms with Crippen LogP contribution in [0.25, 0.3) is 5.69 Å². The Morgan fingerprint density at radius 3 is 2.28 bits per heavy atom. The van der Waals surface area contributed by atoms with Gasteiger partial charge in [-0.3, -0.25) is 4.79 Å². The van der Waals surface area contributed by atoms with Gasteiger partial charge in [0.1, 0.15) is 17.5 Å². The van der Waals surface area contributed by atoms with E-state index in [1.807, 2.05) is 0 Å². The second-order valence-electron chi connectivity index (χ2n) is 5.51. The number of nitrogens with one attached hydrogen (secondary N) is 1. The highest BCUT2D eigenvalue weighted by Gasteiger charge is 2.20. The molecule has 0 saturated heterocycles. The van der Waals surface area contributed by atoms with E-state index in [1.54, 1.807) is 13.8 Å². The molecular weight excluding hydrogens is 331 g/mol. The van der Waals surface area contributed by atoms with Crippen molar-refractivity contribution < 1.29 is 18.0 Å². The first kappa shape index (κ1) is 16.8. The van der Waals surface area contributed by atoms with Crippen LogP contribution in [0.5, 0.6) is 0 Å². The van der Waals surface area contributed by atoms with Crippen molar-refractivity contribution in [1.29, 1.82) is 0 Å². The number of aryl methyl sites for hydroxylation is 1. The number of hydrogen-bond donors (Lipinski definition) is 1. The molecule has 3 rings (SSSR count). The lowest BCUT2D eigenvalue weighted by Gasteiger charge is -2.08. The first-order valence-electron chi connectivity index (χ1n) is 7.45. The van der Waals surface area contributed by atoms with Crippen LogP contribution in [0, 0.1) is 31.3 Å². The Balaban J connectivity index is 1.94. The van der Waals surface area contributed by atoms with Crippen LogP contribution in [0.2, 0.25) is 0 Å². The third-order valence-corrected chi connectivity index (χ3v) is 3.77. The fourth-order valence-electron chi connectivity index (χ4n) is 2.58. The van der Waals surface area contributed by atoms with Gasteiger partial charge in [-0.1, -0.05) is 0 Å². The minimum atomic E-state index is -0.866. The van der Waals surface area contributed by atoms with Crippen molar-refractivity contribution in [3.05, 3.63) is 76.9 Å². The Morgan fingerprint density at radius 2 is 1.64 bits per heavy atom. The molecule has 1 aromatic heterocycles. The molecule has 25 heavy (non-hydrogen) atoms. The van der Waals surface area contributed by atoms with E-state index in [9.17, 15) is 18.0 Å². The zero-order valence-corrected chi connectivity index (χ0v) is 13.5. The molecule has 0 aliphatic rings. The van der Waals surface area contributed by atoms with Crippen molar-refractivity contribution in [2.75, 3.05) is 5.32 Å². The minimum Gasteiger partial charge on any atom is -0.319 e. The number of carbonyl (C=O) groups excluding carboxylic acids is 1. The molecule has 0 radical (unpaired) electrons. The summed E-state index contributed by atoms with van der Waals surface area (Å²) in [6, 6.07) is 8.56. The van der Waals surface area contributed by atoms with Crippen LogP contribution < -0.4 is 5.32 Å². The van der Waals surface area contributed by atoms with Crippen LogP contribution in [0.1, 0.15) is 21.7 Å². The largest absolute Gasteiger partial charge is 0.319 e. The van der Waals surface area contributed by atoms with Crippen molar-refractivity contribution >= 4 is 11.6 Å². The molecule has 128 valence electrons. The fourth-order valence-corrected chi connectivity index (χ4v) is 2.58. The summed E-state index contributed by atoms with van der Waals surface area (Å²) in [6.07, 6.45) is 0. The van der Waals surface area contributed by atoms with E-state index >= 15 is 0 Å². The first-order chi connectivity index (χ1) is 11.9. The number of hydrogen-bond acceptors (Lipinski definition) is 2. The zero-order valence-electron chi connectivity index (χ0n) is 13.5. The average Bonchev–Trinajstić information content (AvgIpc) is 2.85. The number of nitrogens with zero attached hydrogens (tertiary/aromatic N) is 2. The molecular formula is C18H14F3N3O. The van der Waals surface area contributed by atoms with Gasteiger partial charge in [0, 0.05) is 6.07 Å². The van der Waals surface area contributed by atoms with Crippen molar-refractivity contribution in [3.63, 3.8) is 0 Å². The topological polar surface area (TPSA) is 46.9 Å². The van der Waals surface area contributed by atoms with Crippen LogP contribution >= 0.6 is 0 Å². The van der Waals surface area contributed by atoms with Gasteiger partial charge in [0.25, 0.3) is 5.91 Å². The third-order valence-electron chi connectivity index (χ3n) is 3.77. The fraction of sp³-hybridized carbons (Fsp3) is 0.111. The molecule has 0 saturated carbocycles. The molecule has 0 fully saturated rings. The lowest BCUT2D eigenvalue weighted by Crippen LogP contribution is -2.15. The Hall–Kier alpha value is -3.09. The van der Waals surface area contributed by atoms with Crippen LogP contribution in [0.4, 0.5) is 18.9 Å². The molecule has 4 nitrogen and oxygen atoms in total. The molecule has 0 unspecified atom stereocenters. The summed E-state index contributed by atoms with van der Waals surface area (Å²) in [5, 5.41) is 6.70. The minimum absolute atomic E-state index is 0.125. The molecule has 0 bridgehead atoms. The van der Waals surface area contributed by atoms with E-state index in [2.05, 4.69) is 10.4 Å². The lowest BCUT2D eigenvalue weighted by molar-refractivity contribution is 0.102. The van der Waals surface area contributed by atoms with E-state index in [0.29, 0.717) is 23.1 Å². The van der Waals surface area contributed by atoms with Gasteiger partial charge >= 0.3 is 0 Å². The van der Waals surface area contributed by atoms with Gasteiger partial charge < -0.3 is 5.32 Å². The Labute approximate surface area is 141 Å². The second-order valence-corrected chi connectivity index (χ2v) is 5.51. The molecule has 1 N–H and O–H groups in total. The van der Waals surface area contributed by atoms with Gasteiger partial charge in [0.2, 0.25) is 0 Å². The number of anilines is 1. The summed E-state index contributed by atoms with van der Waals surface area (Å²) in [4.78, 5) is 12.5. The van der Waals surface area contributed by atoms with Crippen LogP contribution in [-0.4, -0.2) is 15.7 Å². The summed E-state index contributed by atoms with van der Waals surface area (Å²) in [5.41, 5.74) is 1.69. The summed E-state index contributed by atoms with van der Waals surface area (Å²) in [5.74, 6) is -2.54. The smallest absolute Gasteiger partial charge is 0.259 e. The van der Waals surface area contributed by atoms with Gasteiger partial charge in [-0.25, -0.2) is 17.9 Å². The number of carbonyl (C=O) groups is 1. The van der Waals surface area contributed by atoms with E-state index in [-0.39, 0.29) is 17.1 Å². The molecule has 1 heterocycles. The Kier molecular flexibility index (Phi) is 4.31. The maximum atomic E-state index is 13.7. The Bertz CT molecular complexity index is 949. The maximum absolute atomic E-state index is 13.7. The zero-order chi connectivity index (χ0) is 18.1. The summed E-state index contributed by atoms with van der Waals surface area (Å²) in [6.45, 7) is 3.32. The highest BCUT2D eigenvalue weighted by atomic mass is 19.1. The molecule has 2 aromatic carbocycles. The van der Waals surface area contributed by atoms with E-state index < -0.39 is 17.5 Å². The monoisotopic (exact) mass is 345 g/mol. The van der Waals surface area contributed by atoms with Gasteiger partial charge in [-0.15, -0.1) is 0 Å². The number of aromatic nitrogens is 2. The number of halogens is 3. The highest BCUT2D eigenvalue weighted by Crippen LogP contribution is 2.21. The molecule has 0 aliphatic heterocycles. The van der Waals surface area contributed by atoms with Gasteiger partial charge in [-0.05, 0) is 50.2 Å². The predicted molar refractivity (Wildman–Crippen MR) is 87.3 cm³/mol. The predicted octanol–water partition coefficient (Wildman–Crippen LogP) is 4.16. The van der Waals surface area contributed by atoms with Crippen molar-refractivity contribution in [2.24, 2.45) is 0 Å². The second kappa shape index (κ2) is 6.43. The summed E-state index contributed by atoms with van der Waals surface area (Å²) < 4.78 is 41.3. The van der Waals surface area contributed by atoms with E-state index in [0.717, 1.165) is 12.1 Å². The number of amides is 1. The average molecular weight is 345 g/mol. The van der Waals surface area contributed by atoms with Crippen molar-refractivity contribution in [3.8, 4) is 5.69 Å². The SMILES string of the molecule is Cc1nn(-c2ccc(F)cc2)c(C)c1C(=O)Nc1ccc(F)cc1F. The standard InChI is InChI=1S/C18H14F3N3O/c1-10-17(18(25)22-16-8-5-13(20)9-15(16)21)11(2)24(23-10)14-6-3-12(19)4-7-14/h3-9H,1-2H3,(H,22,25). The van der Waals surface area contributed by atoms with Crippen LogP contribution in [-0.2, 0) is 0 Å². The molecule has 7 heteroatoms. The quantitative estimate of drug-likeness (QED) is 0.775. The van der Waals surface area contributed by atoms with E-state index in [1.165, 1.54) is 28.9 Å². The molecule has 0 spiro atoms. The van der Waals surface area contributed by atoms with Crippen LogP contribution in [0.3, 0.4) is 0 Å². The third kappa shape index (κ3) is 3.26. The molecule has 0 aliphatic carbocycles. The van der Waals surface area contributed by atoms with Gasteiger partial charge in [-0.2, -0.15) is 5.10 Å². The molecule has 0 atom stereocenters.